The van der Waals surface area contributed by atoms with Gasteiger partial charge in [-0.15, -0.1) is 0 Å². The van der Waals surface area contributed by atoms with Crippen LogP contribution in [0, 0.1) is 0 Å². The number of hydrogen-bond donors (Lipinski definition) is 1. The van der Waals surface area contributed by atoms with Crippen LogP contribution in [0.3, 0.4) is 0 Å². The molecule has 2 aromatic heterocycles. The Morgan fingerprint density at radius 2 is 1.86 bits per heavy atom. The molecular weight excluding hydrogens is 396 g/mol. The van der Waals surface area contributed by atoms with Crippen LogP contribution in [0.4, 0.5) is 11.5 Å². The summed E-state index contributed by atoms with van der Waals surface area (Å²) >= 11 is 6.92. The van der Waals surface area contributed by atoms with Crippen LogP contribution in [-0.2, 0) is 6.54 Å². The Bertz CT molecular complexity index is 583. The van der Waals surface area contributed by atoms with E-state index in [0.717, 1.165) is 39.2 Å². The van der Waals surface area contributed by atoms with Gasteiger partial charge in [0.1, 0.15) is 5.82 Å². The number of anilines is 2. The van der Waals surface area contributed by atoms with Crippen molar-refractivity contribution < 1.29 is 0 Å². The molecule has 112 valence electrons. The van der Waals surface area contributed by atoms with Crippen molar-refractivity contribution in [3.63, 3.8) is 0 Å². The van der Waals surface area contributed by atoms with E-state index >= 15 is 0 Å². The number of nitrogens with one attached hydrogen (secondary N) is 1. The number of rotatable bonds is 6. The summed E-state index contributed by atoms with van der Waals surface area (Å²) in [5, 5.41) is 3.33. The first kappa shape index (κ1) is 16.2. The molecule has 0 amide bonds. The fourth-order valence-corrected chi connectivity index (χ4v) is 3.11. The Morgan fingerprint density at radius 3 is 2.43 bits per heavy atom. The van der Waals surface area contributed by atoms with E-state index in [4.69, 9.17) is 0 Å². The fraction of sp³-hybridized carbons (Fsp3) is 0.333. The van der Waals surface area contributed by atoms with Crippen LogP contribution in [0.1, 0.15) is 19.5 Å². The first-order chi connectivity index (χ1) is 10.1. The topological polar surface area (TPSA) is 41.0 Å². The summed E-state index contributed by atoms with van der Waals surface area (Å²) < 4.78 is 1.94. The summed E-state index contributed by atoms with van der Waals surface area (Å²) in [6, 6.07) is 6.08. The molecule has 0 bridgehead atoms. The lowest BCUT2D eigenvalue weighted by Gasteiger charge is -2.19. The Morgan fingerprint density at radius 1 is 1.10 bits per heavy atom. The van der Waals surface area contributed by atoms with Gasteiger partial charge >= 0.3 is 0 Å². The molecule has 2 rings (SSSR count). The van der Waals surface area contributed by atoms with E-state index in [2.05, 4.69) is 65.9 Å². The highest BCUT2D eigenvalue weighted by Crippen LogP contribution is 2.21. The van der Waals surface area contributed by atoms with Crippen LogP contribution in [0.2, 0.25) is 0 Å². The van der Waals surface area contributed by atoms with Crippen LogP contribution < -0.4 is 10.2 Å². The van der Waals surface area contributed by atoms with E-state index in [1.807, 2.05) is 24.4 Å². The summed E-state index contributed by atoms with van der Waals surface area (Å²) in [5.74, 6) is 1.01. The minimum absolute atomic E-state index is 0.653. The molecule has 2 heterocycles. The molecule has 0 atom stereocenters. The van der Waals surface area contributed by atoms with Gasteiger partial charge in [0.25, 0.3) is 0 Å². The number of nitrogens with zero attached hydrogens (tertiary/aromatic N) is 3. The minimum atomic E-state index is 0.653. The zero-order chi connectivity index (χ0) is 15.2. The SMILES string of the molecule is CCN(CC)c1ccc(NCc2ncc(Br)cc2Br)cn1. The summed E-state index contributed by atoms with van der Waals surface area (Å²) in [6.07, 6.45) is 3.66. The zero-order valence-electron chi connectivity index (χ0n) is 12.1. The van der Waals surface area contributed by atoms with E-state index < -0.39 is 0 Å². The van der Waals surface area contributed by atoms with Gasteiger partial charge in [0, 0.05) is 28.2 Å². The van der Waals surface area contributed by atoms with Gasteiger partial charge in [-0.2, -0.15) is 0 Å². The van der Waals surface area contributed by atoms with Crippen LogP contribution in [-0.4, -0.2) is 23.1 Å². The summed E-state index contributed by atoms with van der Waals surface area (Å²) in [7, 11) is 0. The lowest BCUT2D eigenvalue weighted by atomic mass is 10.3. The molecule has 0 unspecified atom stereocenters. The van der Waals surface area contributed by atoms with E-state index in [-0.39, 0.29) is 0 Å². The molecule has 0 aliphatic rings. The lowest BCUT2D eigenvalue weighted by molar-refractivity contribution is 0.846. The third-order valence-electron chi connectivity index (χ3n) is 3.18. The summed E-state index contributed by atoms with van der Waals surface area (Å²) in [5.41, 5.74) is 1.95. The van der Waals surface area contributed by atoms with Crippen molar-refractivity contribution in [1.82, 2.24) is 9.97 Å². The first-order valence-electron chi connectivity index (χ1n) is 6.88. The van der Waals surface area contributed by atoms with Gasteiger partial charge in [0.2, 0.25) is 0 Å². The predicted octanol–water partition coefficient (Wildman–Crippen LogP) is 4.46. The molecule has 0 spiro atoms. The maximum Gasteiger partial charge on any atom is 0.128 e. The Hall–Kier alpha value is -1.14. The fourth-order valence-electron chi connectivity index (χ4n) is 1.98. The average Bonchev–Trinajstić information content (AvgIpc) is 2.49. The monoisotopic (exact) mass is 412 g/mol. The molecule has 0 radical (unpaired) electrons. The maximum atomic E-state index is 4.49. The first-order valence-corrected chi connectivity index (χ1v) is 8.47. The van der Waals surface area contributed by atoms with Crippen LogP contribution in [0.15, 0.2) is 39.5 Å². The van der Waals surface area contributed by atoms with E-state index in [1.54, 1.807) is 6.20 Å². The molecule has 2 aromatic rings. The Labute approximate surface area is 142 Å². The average molecular weight is 414 g/mol. The quantitative estimate of drug-likeness (QED) is 0.758. The van der Waals surface area contributed by atoms with Gasteiger partial charge in [0.15, 0.2) is 0 Å². The molecule has 21 heavy (non-hydrogen) atoms. The highest BCUT2D eigenvalue weighted by molar-refractivity contribution is 9.11. The summed E-state index contributed by atoms with van der Waals surface area (Å²) in [4.78, 5) is 11.1. The Balaban J connectivity index is 2.00. The maximum absolute atomic E-state index is 4.49. The van der Waals surface area contributed by atoms with Gasteiger partial charge in [-0.05, 0) is 63.9 Å². The second-order valence-corrected chi connectivity index (χ2v) is 6.28. The van der Waals surface area contributed by atoms with Crippen molar-refractivity contribution in [2.24, 2.45) is 0 Å². The Kier molecular flexibility index (Phi) is 5.99. The van der Waals surface area contributed by atoms with E-state index in [0.29, 0.717) is 6.54 Å². The minimum Gasteiger partial charge on any atom is -0.378 e. The van der Waals surface area contributed by atoms with E-state index in [9.17, 15) is 0 Å². The predicted molar refractivity (Wildman–Crippen MR) is 94.8 cm³/mol. The second kappa shape index (κ2) is 7.75. The molecule has 0 fully saturated rings. The molecular formula is C15H18Br2N4. The van der Waals surface area contributed by atoms with E-state index in [1.165, 1.54) is 0 Å². The van der Waals surface area contributed by atoms with Crippen LogP contribution in [0.5, 0.6) is 0 Å². The molecule has 0 aromatic carbocycles. The van der Waals surface area contributed by atoms with Gasteiger partial charge in [-0.25, -0.2) is 4.98 Å². The lowest BCUT2D eigenvalue weighted by Crippen LogP contribution is -2.22. The molecule has 6 heteroatoms. The van der Waals surface area contributed by atoms with Crippen molar-refractivity contribution in [1.29, 1.82) is 0 Å². The van der Waals surface area contributed by atoms with Crippen molar-refractivity contribution in [3.8, 4) is 0 Å². The third kappa shape index (κ3) is 4.41. The van der Waals surface area contributed by atoms with Gasteiger partial charge in [-0.1, -0.05) is 0 Å². The molecule has 4 nitrogen and oxygen atoms in total. The van der Waals surface area contributed by atoms with Gasteiger partial charge < -0.3 is 10.2 Å². The highest BCUT2D eigenvalue weighted by Gasteiger charge is 2.05. The van der Waals surface area contributed by atoms with Gasteiger partial charge in [0.05, 0.1) is 24.1 Å². The molecule has 0 aliphatic carbocycles. The van der Waals surface area contributed by atoms with Crippen molar-refractivity contribution >= 4 is 43.4 Å². The summed E-state index contributed by atoms with van der Waals surface area (Å²) in [6.45, 7) is 6.85. The highest BCUT2D eigenvalue weighted by atomic mass is 79.9. The molecule has 1 N–H and O–H groups in total. The number of pyridine rings is 2. The smallest absolute Gasteiger partial charge is 0.128 e. The van der Waals surface area contributed by atoms with Crippen molar-refractivity contribution in [2.45, 2.75) is 20.4 Å². The van der Waals surface area contributed by atoms with Crippen molar-refractivity contribution in [2.75, 3.05) is 23.3 Å². The van der Waals surface area contributed by atoms with Crippen LogP contribution >= 0.6 is 31.9 Å². The normalized spacial score (nSPS) is 10.5. The molecule has 0 saturated carbocycles. The number of aromatic nitrogens is 2. The number of halogens is 2. The second-order valence-electron chi connectivity index (χ2n) is 4.51. The zero-order valence-corrected chi connectivity index (χ0v) is 15.3. The van der Waals surface area contributed by atoms with Crippen molar-refractivity contribution in [3.05, 3.63) is 45.2 Å². The molecule has 0 aliphatic heterocycles. The largest absolute Gasteiger partial charge is 0.378 e. The molecule has 0 saturated heterocycles. The van der Waals surface area contributed by atoms with Crippen LogP contribution in [0.25, 0.3) is 0 Å². The number of hydrogen-bond acceptors (Lipinski definition) is 4. The standard InChI is InChI=1S/C15H18Br2N4/c1-3-21(4-2)15-6-5-12(9-20-15)18-10-14-13(17)7-11(16)8-19-14/h5-9,18H,3-4,10H2,1-2H3. The van der Waals surface area contributed by atoms with Gasteiger partial charge in [-0.3, -0.25) is 4.98 Å². The third-order valence-corrected chi connectivity index (χ3v) is 4.30.